The van der Waals surface area contributed by atoms with Gasteiger partial charge in [0.05, 0.1) is 6.54 Å². The van der Waals surface area contributed by atoms with Crippen LogP contribution in [0.2, 0.25) is 0 Å². The van der Waals surface area contributed by atoms with E-state index in [1.807, 2.05) is 18.2 Å². The number of carbonyl (C=O) groups is 1. The molecule has 0 fully saturated rings. The fourth-order valence-electron chi connectivity index (χ4n) is 1.23. The van der Waals surface area contributed by atoms with Crippen LogP contribution in [0.5, 0.6) is 0 Å². The van der Waals surface area contributed by atoms with Crippen molar-refractivity contribution in [3.8, 4) is 0 Å². The summed E-state index contributed by atoms with van der Waals surface area (Å²) in [6, 6.07) is 10.2. The maximum atomic E-state index is 11.3. The lowest BCUT2D eigenvalue weighted by atomic mass is 10.4. The number of nitrogens with zero attached hydrogens (tertiary/aromatic N) is 1. The summed E-state index contributed by atoms with van der Waals surface area (Å²) in [4.78, 5) is 14.1. The molecule has 0 saturated heterocycles. The summed E-state index contributed by atoms with van der Waals surface area (Å²) in [7, 11) is 3.44. The van der Waals surface area contributed by atoms with Crippen molar-refractivity contribution < 1.29 is 4.79 Å². The minimum Gasteiger partial charge on any atom is -0.362 e. The van der Waals surface area contributed by atoms with Crippen molar-refractivity contribution in [3.05, 3.63) is 30.3 Å². The molecule has 0 radical (unpaired) electrons. The van der Waals surface area contributed by atoms with Gasteiger partial charge in [0.25, 0.3) is 0 Å². The molecule has 0 atom stereocenters. The summed E-state index contributed by atoms with van der Waals surface area (Å²) in [6.07, 6.45) is 0. The standard InChI is InChI=1S/C13H19N3OS2/c1-16(2)12(17)10-15-13(18)14-8-9-19-11-6-4-3-5-7-11/h3-7H,8-10H2,1-2H3,(H2,14,15,18). The highest BCUT2D eigenvalue weighted by Crippen LogP contribution is 2.15. The second kappa shape index (κ2) is 8.77. The highest BCUT2D eigenvalue weighted by Gasteiger charge is 2.03. The largest absolute Gasteiger partial charge is 0.362 e. The molecular formula is C13H19N3OS2. The summed E-state index contributed by atoms with van der Waals surface area (Å²) < 4.78 is 0. The van der Waals surface area contributed by atoms with Gasteiger partial charge in [-0.15, -0.1) is 11.8 Å². The summed E-state index contributed by atoms with van der Waals surface area (Å²) >= 11 is 6.85. The van der Waals surface area contributed by atoms with Crippen LogP contribution in [-0.2, 0) is 4.79 Å². The Morgan fingerprint density at radius 2 is 1.95 bits per heavy atom. The molecule has 0 heterocycles. The number of carbonyl (C=O) groups excluding carboxylic acids is 1. The molecule has 0 unspecified atom stereocenters. The van der Waals surface area contributed by atoms with Gasteiger partial charge < -0.3 is 15.5 Å². The van der Waals surface area contributed by atoms with Gasteiger partial charge in [-0.05, 0) is 24.4 Å². The summed E-state index contributed by atoms with van der Waals surface area (Å²) in [5.41, 5.74) is 0. The summed E-state index contributed by atoms with van der Waals surface area (Å²) in [5, 5.41) is 6.48. The predicted molar refractivity (Wildman–Crippen MR) is 84.5 cm³/mol. The minimum atomic E-state index is 0.00260. The van der Waals surface area contributed by atoms with Crippen LogP contribution in [0.25, 0.3) is 0 Å². The topological polar surface area (TPSA) is 44.4 Å². The van der Waals surface area contributed by atoms with Gasteiger partial charge in [-0.3, -0.25) is 4.79 Å². The van der Waals surface area contributed by atoms with E-state index in [0.29, 0.717) is 5.11 Å². The molecule has 0 saturated carbocycles. The van der Waals surface area contributed by atoms with Crippen LogP contribution in [0, 0.1) is 0 Å². The lowest BCUT2D eigenvalue weighted by Crippen LogP contribution is -2.42. The number of amides is 1. The van der Waals surface area contributed by atoms with Gasteiger partial charge in [0.1, 0.15) is 0 Å². The van der Waals surface area contributed by atoms with E-state index in [0.717, 1.165) is 12.3 Å². The van der Waals surface area contributed by atoms with Crippen LogP contribution in [0.4, 0.5) is 0 Å². The molecule has 0 aliphatic carbocycles. The normalized spacial score (nSPS) is 9.79. The first-order valence-electron chi connectivity index (χ1n) is 5.99. The number of likely N-dealkylation sites (N-methyl/N-ethyl adjacent to an activating group) is 1. The molecule has 0 aromatic heterocycles. The molecule has 0 spiro atoms. The SMILES string of the molecule is CN(C)C(=O)CNC(=S)NCCSc1ccccc1. The van der Waals surface area contributed by atoms with Gasteiger partial charge >= 0.3 is 0 Å². The van der Waals surface area contributed by atoms with Crippen LogP contribution in [-0.4, -0.2) is 48.9 Å². The Morgan fingerprint density at radius 1 is 1.26 bits per heavy atom. The van der Waals surface area contributed by atoms with Crippen molar-refractivity contribution in [2.75, 3.05) is 32.9 Å². The highest BCUT2D eigenvalue weighted by atomic mass is 32.2. The number of hydrogen-bond donors (Lipinski definition) is 2. The van der Waals surface area contributed by atoms with Gasteiger partial charge in [-0.2, -0.15) is 0 Å². The maximum absolute atomic E-state index is 11.3. The second-order valence-corrected chi connectivity index (χ2v) is 5.64. The molecule has 6 heteroatoms. The number of benzene rings is 1. The molecule has 104 valence electrons. The minimum absolute atomic E-state index is 0.00260. The van der Waals surface area contributed by atoms with Crippen LogP contribution in [0.15, 0.2) is 35.2 Å². The Hall–Kier alpha value is -1.27. The molecule has 4 nitrogen and oxygen atoms in total. The number of thiocarbonyl (C=S) groups is 1. The van der Waals surface area contributed by atoms with Gasteiger partial charge in [-0.25, -0.2) is 0 Å². The van der Waals surface area contributed by atoms with E-state index < -0.39 is 0 Å². The molecule has 0 aliphatic rings. The quantitative estimate of drug-likeness (QED) is 0.471. The molecule has 1 aromatic rings. The lowest BCUT2D eigenvalue weighted by Gasteiger charge is -2.13. The number of thioether (sulfide) groups is 1. The smallest absolute Gasteiger partial charge is 0.241 e. The first kappa shape index (κ1) is 15.8. The van der Waals surface area contributed by atoms with E-state index in [1.165, 1.54) is 9.80 Å². The zero-order valence-corrected chi connectivity index (χ0v) is 12.8. The second-order valence-electron chi connectivity index (χ2n) is 4.06. The first-order chi connectivity index (χ1) is 9.09. The monoisotopic (exact) mass is 297 g/mol. The van der Waals surface area contributed by atoms with Crippen molar-refractivity contribution in [1.82, 2.24) is 15.5 Å². The van der Waals surface area contributed by atoms with Gasteiger partial charge in [0.15, 0.2) is 5.11 Å². The molecule has 1 rings (SSSR count). The highest BCUT2D eigenvalue weighted by molar-refractivity contribution is 7.99. The third kappa shape index (κ3) is 7.03. The number of nitrogens with one attached hydrogen (secondary N) is 2. The van der Waals surface area contributed by atoms with E-state index in [2.05, 4.69) is 22.8 Å². The number of hydrogen-bond acceptors (Lipinski definition) is 3. The Kier molecular flexibility index (Phi) is 7.28. The van der Waals surface area contributed by atoms with E-state index in [-0.39, 0.29) is 12.5 Å². The van der Waals surface area contributed by atoms with Crippen molar-refractivity contribution >= 4 is 35.0 Å². The Labute approximate surface area is 123 Å². The van der Waals surface area contributed by atoms with Crippen molar-refractivity contribution in [3.63, 3.8) is 0 Å². The molecule has 19 heavy (non-hydrogen) atoms. The fourth-order valence-corrected chi connectivity index (χ4v) is 2.19. The van der Waals surface area contributed by atoms with E-state index in [4.69, 9.17) is 12.2 Å². The number of rotatable bonds is 6. The van der Waals surface area contributed by atoms with Crippen LogP contribution in [0.1, 0.15) is 0 Å². The van der Waals surface area contributed by atoms with Crippen molar-refractivity contribution in [1.29, 1.82) is 0 Å². The zero-order valence-electron chi connectivity index (χ0n) is 11.2. The van der Waals surface area contributed by atoms with Crippen molar-refractivity contribution in [2.45, 2.75) is 4.90 Å². The first-order valence-corrected chi connectivity index (χ1v) is 7.38. The van der Waals surface area contributed by atoms with Gasteiger partial charge in [-0.1, -0.05) is 18.2 Å². The fraction of sp³-hybridized carbons (Fsp3) is 0.385. The average molecular weight is 297 g/mol. The van der Waals surface area contributed by atoms with Crippen LogP contribution < -0.4 is 10.6 Å². The van der Waals surface area contributed by atoms with Crippen LogP contribution in [0.3, 0.4) is 0 Å². The predicted octanol–water partition coefficient (Wildman–Crippen LogP) is 1.33. The molecule has 0 bridgehead atoms. The molecule has 1 aromatic carbocycles. The average Bonchev–Trinajstić information content (AvgIpc) is 2.42. The third-order valence-corrected chi connectivity index (χ3v) is 3.60. The molecule has 0 aliphatic heterocycles. The van der Waals surface area contributed by atoms with E-state index >= 15 is 0 Å². The third-order valence-electron chi connectivity index (χ3n) is 2.30. The molecule has 1 amide bonds. The molecule has 2 N–H and O–H groups in total. The Balaban J connectivity index is 2.09. The van der Waals surface area contributed by atoms with Gasteiger partial charge in [0, 0.05) is 31.3 Å². The Morgan fingerprint density at radius 3 is 2.58 bits per heavy atom. The zero-order chi connectivity index (χ0) is 14.1. The summed E-state index contributed by atoms with van der Waals surface area (Å²) in [6.45, 7) is 0.992. The van der Waals surface area contributed by atoms with Gasteiger partial charge in [0.2, 0.25) is 5.91 Å². The molecular weight excluding hydrogens is 278 g/mol. The Bertz CT molecular complexity index is 410. The van der Waals surface area contributed by atoms with Crippen molar-refractivity contribution in [2.24, 2.45) is 0 Å². The van der Waals surface area contributed by atoms with Crippen LogP contribution >= 0.6 is 24.0 Å². The summed E-state index contributed by atoms with van der Waals surface area (Å²) in [5.74, 6) is 0.927. The van der Waals surface area contributed by atoms with E-state index in [9.17, 15) is 4.79 Å². The lowest BCUT2D eigenvalue weighted by molar-refractivity contribution is -0.127. The maximum Gasteiger partial charge on any atom is 0.241 e. The van der Waals surface area contributed by atoms with E-state index in [1.54, 1.807) is 25.9 Å².